The first-order valence-corrected chi connectivity index (χ1v) is 12.5. The topological polar surface area (TPSA) is 84.3 Å². The lowest BCUT2D eigenvalue weighted by Gasteiger charge is -2.28. The van der Waals surface area contributed by atoms with Gasteiger partial charge in [-0.15, -0.1) is 0 Å². The molecule has 5 heteroatoms. The Kier molecular flexibility index (Phi) is 6.63. The van der Waals surface area contributed by atoms with Gasteiger partial charge in [-0.05, 0) is 35.6 Å². The number of pyridine rings is 1. The fraction of sp³-hybridized carbons (Fsp3) is 0.0968. The second-order valence-electron chi connectivity index (χ2n) is 8.39. The summed E-state index contributed by atoms with van der Waals surface area (Å²) in [5.74, 6) is 0. The van der Waals surface area contributed by atoms with E-state index < -0.39 is 0 Å². The minimum absolute atomic E-state index is 0.112. The number of thioether (sulfide) groups is 1. The zero-order valence-electron chi connectivity index (χ0n) is 19.3. The van der Waals surface area contributed by atoms with Gasteiger partial charge in [0.15, 0.2) is 0 Å². The van der Waals surface area contributed by atoms with Gasteiger partial charge in [-0.1, -0.05) is 96.7 Å². The predicted octanol–water partition coefficient (Wildman–Crippen LogP) is 7.20. The number of nitrogens with zero attached hydrogens (tertiary/aromatic N) is 4. The molecule has 0 radical (unpaired) electrons. The van der Waals surface area contributed by atoms with Gasteiger partial charge < -0.3 is 0 Å². The molecule has 0 spiro atoms. The maximum atomic E-state index is 10.3. The fourth-order valence-corrected chi connectivity index (χ4v) is 5.91. The molecule has 0 saturated carbocycles. The Morgan fingerprint density at radius 3 is 2.08 bits per heavy atom. The summed E-state index contributed by atoms with van der Waals surface area (Å²) in [7, 11) is 0. The minimum atomic E-state index is -0.177. The quantitative estimate of drug-likeness (QED) is 0.289. The first kappa shape index (κ1) is 23.1. The van der Waals surface area contributed by atoms with E-state index in [0.29, 0.717) is 10.6 Å². The maximum Gasteiger partial charge on any atom is 0.134 e. The highest BCUT2D eigenvalue weighted by Gasteiger charge is 2.30. The van der Waals surface area contributed by atoms with Crippen LogP contribution in [0.3, 0.4) is 0 Å². The monoisotopic (exact) mass is 480 g/mol. The number of aryl methyl sites for hydroxylation is 1. The summed E-state index contributed by atoms with van der Waals surface area (Å²) >= 11 is 1.47. The van der Waals surface area contributed by atoms with E-state index in [2.05, 4.69) is 18.2 Å². The molecule has 1 aliphatic rings. The summed E-state index contributed by atoms with van der Waals surface area (Å²) in [6, 6.07) is 36.2. The molecule has 1 aromatic heterocycles. The van der Waals surface area contributed by atoms with Crippen LogP contribution in [0.4, 0.5) is 0 Å². The van der Waals surface area contributed by atoms with Crippen molar-refractivity contribution in [3.63, 3.8) is 0 Å². The number of aromatic nitrogens is 1. The molecule has 4 nitrogen and oxygen atoms in total. The zero-order valence-corrected chi connectivity index (χ0v) is 20.2. The molecule has 1 heterocycles. The number of rotatable bonds is 4. The van der Waals surface area contributed by atoms with Crippen molar-refractivity contribution in [2.24, 2.45) is 0 Å². The van der Waals surface area contributed by atoms with E-state index in [1.54, 1.807) is 0 Å². The van der Waals surface area contributed by atoms with E-state index in [-0.39, 0.29) is 10.8 Å². The second-order valence-corrected chi connectivity index (χ2v) is 9.59. The number of fused-ring (bicyclic) bond motifs is 1. The van der Waals surface area contributed by atoms with Gasteiger partial charge >= 0.3 is 0 Å². The van der Waals surface area contributed by atoms with Crippen LogP contribution in [0.1, 0.15) is 23.1 Å². The third-order valence-electron chi connectivity index (χ3n) is 6.30. The van der Waals surface area contributed by atoms with E-state index >= 15 is 0 Å². The molecular weight excluding hydrogens is 460 g/mol. The Balaban J connectivity index is 1.69. The summed E-state index contributed by atoms with van der Waals surface area (Å²) in [6.07, 6.45) is 1.57. The van der Waals surface area contributed by atoms with Gasteiger partial charge in [0.25, 0.3) is 0 Å². The molecule has 5 rings (SSSR count). The molecule has 0 amide bonds. The Morgan fingerprint density at radius 1 is 0.778 bits per heavy atom. The standard InChI is InChI=1S/C31H20N4S/c32-18-24(19-33)30-25-14-8-7-11-22(25)15-16-29(30)36-31-27(20-34)26(21-9-3-1-4-10-21)17-28(35-31)23-12-5-2-6-13-23/h1-14,17,29H,15-16H2. The lowest BCUT2D eigenvalue weighted by atomic mass is 9.85. The van der Waals surface area contributed by atoms with Crippen LogP contribution in [0.25, 0.3) is 28.0 Å². The smallest absolute Gasteiger partial charge is 0.134 e. The normalized spacial score (nSPS) is 14.1. The van der Waals surface area contributed by atoms with E-state index in [1.807, 2.05) is 91.0 Å². The predicted molar refractivity (Wildman–Crippen MR) is 142 cm³/mol. The molecule has 1 aliphatic carbocycles. The van der Waals surface area contributed by atoms with Crippen LogP contribution in [0.2, 0.25) is 0 Å². The molecule has 170 valence electrons. The number of allylic oxidation sites excluding steroid dienone is 1. The first-order chi connectivity index (χ1) is 17.7. The van der Waals surface area contributed by atoms with Crippen molar-refractivity contribution >= 4 is 17.3 Å². The molecule has 1 atom stereocenters. The van der Waals surface area contributed by atoms with Gasteiger partial charge in [0.2, 0.25) is 0 Å². The number of hydrogen-bond acceptors (Lipinski definition) is 5. The summed E-state index contributed by atoms with van der Waals surface area (Å²) in [5.41, 5.74) is 6.89. The average Bonchev–Trinajstić information content (AvgIpc) is 2.95. The summed E-state index contributed by atoms with van der Waals surface area (Å²) in [5, 5.41) is 30.2. The molecular formula is C31H20N4S. The van der Waals surface area contributed by atoms with E-state index in [9.17, 15) is 15.8 Å². The lowest BCUT2D eigenvalue weighted by molar-refractivity contribution is 0.831. The fourth-order valence-electron chi connectivity index (χ4n) is 4.62. The Morgan fingerprint density at radius 2 is 1.42 bits per heavy atom. The third-order valence-corrected chi connectivity index (χ3v) is 7.58. The van der Waals surface area contributed by atoms with Crippen LogP contribution in [0.15, 0.2) is 102 Å². The van der Waals surface area contributed by atoms with Crippen LogP contribution in [-0.4, -0.2) is 10.2 Å². The third kappa shape index (κ3) is 4.39. The Bertz CT molecular complexity index is 1570. The van der Waals surface area contributed by atoms with Crippen LogP contribution in [0.5, 0.6) is 0 Å². The van der Waals surface area contributed by atoms with Gasteiger partial charge in [-0.2, -0.15) is 15.8 Å². The van der Waals surface area contributed by atoms with E-state index in [1.165, 1.54) is 11.8 Å². The first-order valence-electron chi connectivity index (χ1n) is 11.6. The number of hydrogen-bond donors (Lipinski definition) is 0. The van der Waals surface area contributed by atoms with Gasteiger partial charge in [0, 0.05) is 21.9 Å². The SMILES string of the molecule is N#CC(C#N)=C1c2ccccc2CCC1Sc1nc(-c2ccccc2)cc(-c2ccccc2)c1C#N. The van der Waals surface area contributed by atoms with Crippen LogP contribution in [-0.2, 0) is 6.42 Å². The Hall–Kier alpha value is -4.63. The molecule has 4 aromatic rings. The van der Waals surface area contributed by atoms with E-state index in [0.717, 1.165) is 51.9 Å². The van der Waals surface area contributed by atoms with Crippen molar-refractivity contribution < 1.29 is 0 Å². The van der Waals surface area contributed by atoms with Gasteiger partial charge in [-0.3, -0.25) is 0 Å². The molecule has 36 heavy (non-hydrogen) atoms. The van der Waals surface area contributed by atoms with Gasteiger partial charge in [-0.25, -0.2) is 4.98 Å². The molecule has 0 N–H and O–H groups in total. The number of nitriles is 3. The van der Waals surface area contributed by atoms with Crippen molar-refractivity contribution in [2.45, 2.75) is 23.1 Å². The molecule has 0 fully saturated rings. The van der Waals surface area contributed by atoms with Crippen molar-refractivity contribution in [3.05, 3.63) is 113 Å². The maximum absolute atomic E-state index is 10.3. The van der Waals surface area contributed by atoms with Crippen LogP contribution >= 0.6 is 11.8 Å². The van der Waals surface area contributed by atoms with Crippen LogP contribution < -0.4 is 0 Å². The second kappa shape index (κ2) is 10.3. The summed E-state index contributed by atoms with van der Waals surface area (Å²) in [4.78, 5) is 4.95. The van der Waals surface area contributed by atoms with Crippen molar-refractivity contribution in [1.29, 1.82) is 15.8 Å². The molecule has 0 aliphatic heterocycles. The van der Waals surface area contributed by atoms with Gasteiger partial charge in [0.05, 0.1) is 11.3 Å². The highest BCUT2D eigenvalue weighted by atomic mass is 32.2. The molecule has 1 unspecified atom stereocenters. The highest BCUT2D eigenvalue weighted by Crippen LogP contribution is 2.44. The zero-order chi connectivity index (χ0) is 24.9. The van der Waals surface area contributed by atoms with Crippen molar-refractivity contribution in [2.75, 3.05) is 0 Å². The molecule has 0 bridgehead atoms. The minimum Gasteiger partial charge on any atom is -0.240 e. The molecule has 0 saturated heterocycles. The van der Waals surface area contributed by atoms with E-state index in [4.69, 9.17) is 4.98 Å². The van der Waals surface area contributed by atoms with Crippen molar-refractivity contribution in [3.8, 4) is 40.6 Å². The number of benzene rings is 3. The summed E-state index contributed by atoms with van der Waals surface area (Å²) in [6.45, 7) is 0. The van der Waals surface area contributed by atoms with Crippen molar-refractivity contribution in [1.82, 2.24) is 4.98 Å². The van der Waals surface area contributed by atoms with Gasteiger partial charge in [0.1, 0.15) is 28.8 Å². The highest BCUT2D eigenvalue weighted by molar-refractivity contribution is 8.00. The molecule has 3 aromatic carbocycles. The summed E-state index contributed by atoms with van der Waals surface area (Å²) < 4.78 is 0. The lowest BCUT2D eigenvalue weighted by Crippen LogP contribution is -2.17. The largest absolute Gasteiger partial charge is 0.240 e. The van der Waals surface area contributed by atoms with Crippen LogP contribution in [0, 0.1) is 34.0 Å². The average molecular weight is 481 g/mol. The Labute approximate surface area is 214 Å².